The predicted octanol–water partition coefficient (Wildman–Crippen LogP) is 1.50. The van der Waals surface area contributed by atoms with Crippen LogP contribution in [0.2, 0.25) is 0 Å². The smallest absolute Gasteiger partial charge is 0.329 e. The minimum absolute atomic E-state index is 0.0482. The molecule has 0 spiro atoms. The van der Waals surface area contributed by atoms with Crippen molar-refractivity contribution in [3.63, 3.8) is 0 Å². The van der Waals surface area contributed by atoms with E-state index in [9.17, 15) is 14.7 Å². The number of amides is 1. The van der Waals surface area contributed by atoms with E-state index in [-0.39, 0.29) is 12.0 Å². The lowest BCUT2D eigenvalue weighted by Crippen LogP contribution is -2.59. The van der Waals surface area contributed by atoms with Crippen molar-refractivity contribution in [3.8, 4) is 0 Å². The molecule has 4 nitrogen and oxygen atoms in total. The van der Waals surface area contributed by atoms with E-state index in [2.05, 4.69) is 0 Å². The Kier molecular flexibility index (Phi) is 2.68. The van der Waals surface area contributed by atoms with Gasteiger partial charge < -0.3 is 10.0 Å². The highest BCUT2D eigenvalue weighted by atomic mass is 16.4. The van der Waals surface area contributed by atoms with Gasteiger partial charge in [0.15, 0.2) is 0 Å². The third kappa shape index (κ3) is 1.35. The molecule has 4 heteroatoms. The average molecular weight is 225 g/mol. The van der Waals surface area contributed by atoms with Crippen molar-refractivity contribution >= 4 is 12.4 Å². The van der Waals surface area contributed by atoms with E-state index in [1.165, 1.54) is 4.90 Å². The highest BCUT2D eigenvalue weighted by Gasteiger charge is 2.59. The van der Waals surface area contributed by atoms with Crippen LogP contribution in [0.15, 0.2) is 0 Å². The highest BCUT2D eigenvalue weighted by Crippen LogP contribution is 2.53. The van der Waals surface area contributed by atoms with Crippen LogP contribution in [0.4, 0.5) is 0 Å². The van der Waals surface area contributed by atoms with E-state index in [1.807, 2.05) is 13.8 Å². The van der Waals surface area contributed by atoms with E-state index in [1.54, 1.807) is 0 Å². The molecule has 1 N–H and O–H groups in total. The van der Waals surface area contributed by atoms with Gasteiger partial charge >= 0.3 is 5.97 Å². The van der Waals surface area contributed by atoms with Crippen LogP contribution in [0.1, 0.15) is 39.5 Å². The number of carboxylic acid groups (broad SMARTS) is 1. The monoisotopic (exact) mass is 225 g/mol. The molecule has 1 amide bonds. The van der Waals surface area contributed by atoms with Crippen molar-refractivity contribution in [2.45, 2.75) is 51.1 Å². The molecular formula is C12H19NO3. The SMILES string of the molecule is CC(C)N(C=O)C1(C(=O)O)CC2CCC1C2. The summed E-state index contributed by atoms with van der Waals surface area (Å²) in [5.41, 5.74) is -0.918. The first-order valence-corrected chi connectivity index (χ1v) is 5.99. The van der Waals surface area contributed by atoms with Gasteiger partial charge in [-0.3, -0.25) is 4.79 Å². The van der Waals surface area contributed by atoms with Gasteiger partial charge in [-0.05, 0) is 51.4 Å². The van der Waals surface area contributed by atoms with E-state index in [0.29, 0.717) is 12.3 Å². The Bertz CT molecular complexity index is 315. The molecule has 2 fully saturated rings. The fourth-order valence-electron chi connectivity index (χ4n) is 3.67. The van der Waals surface area contributed by atoms with Crippen LogP contribution in [0.5, 0.6) is 0 Å². The van der Waals surface area contributed by atoms with Crippen molar-refractivity contribution in [2.75, 3.05) is 0 Å². The third-order valence-corrected chi connectivity index (χ3v) is 4.32. The van der Waals surface area contributed by atoms with Crippen LogP contribution in [0.3, 0.4) is 0 Å². The molecule has 0 aliphatic heterocycles. The Morgan fingerprint density at radius 1 is 1.50 bits per heavy atom. The maximum Gasteiger partial charge on any atom is 0.329 e. The fraction of sp³-hybridized carbons (Fsp3) is 0.833. The summed E-state index contributed by atoms with van der Waals surface area (Å²) >= 11 is 0. The quantitative estimate of drug-likeness (QED) is 0.737. The van der Waals surface area contributed by atoms with Gasteiger partial charge in [0.1, 0.15) is 5.54 Å². The number of fused-ring (bicyclic) bond motifs is 2. The first-order chi connectivity index (χ1) is 7.52. The van der Waals surface area contributed by atoms with E-state index in [0.717, 1.165) is 25.7 Å². The molecule has 0 aromatic rings. The largest absolute Gasteiger partial charge is 0.479 e. The Labute approximate surface area is 95.6 Å². The summed E-state index contributed by atoms with van der Waals surface area (Å²) in [5.74, 6) is -0.162. The van der Waals surface area contributed by atoms with E-state index < -0.39 is 11.5 Å². The van der Waals surface area contributed by atoms with Gasteiger partial charge in [-0.1, -0.05) is 0 Å². The molecule has 0 aromatic carbocycles. The normalized spacial score (nSPS) is 36.7. The fourth-order valence-corrected chi connectivity index (χ4v) is 3.67. The lowest BCUT2D eigenvalue weighted by molar-refractivity contribution is -0.161. The Balaban J connectivity index is 2.36. The van der Waals surface area contributed by atoms with Gasteiger partial charge in [-0.15, -0.1) is 0 Å². The lowest BCUT2D eigenvalue weighted by Gasteiger charge is -2.43. The van der Waals surface area contributed by atoms with Crippen LogP contribution in [-0.2, 0) is 9.59 Å². The van der Waals surface area contributed by atoms with E-state index >= 15 is 0 Å². The van der Waals surface area contributed by atoms with Gasteiger partial charge in [0.05, 0.1) is 0 Å². The minimum Gasteiger partial charge on any atom is -0.479 e. The summed E-state index contributed by atoms with van der Waals surface area (Å²) in [6.07, 6.45) is 4.42. The van der Waals surface area contributed by atoms with Crippen molar-refractivity contribution in [1.82, 2.24) is 4.90 Å². The molecule has 3 unspecified atom stereocenters. The first kappa shape index (κ1) is 11.4. The number of aliphatic carboxylic acids is 1. The number of carboxylic acids is 1. The molecular weight excluding hydrogens is 206 g/mol. The second-order valence-electron chi connectivity index (χ2n) is 5.42. The molecule has 0 aromatic heterocycles. The summed E-state index contributed by atoms with van der Waals surface area (Å²) in [4.78, 5) is 24.3. The second-order valence-corrected chi connectivity index (χ2v) is 5.42. The number of rotatable bonds is 4. The van der Waals surface area contributed by atoms with Gasteiger partial charge in [0, 0.05) is 6.04 Å². The minimum atomic E-state index is -0.918. The summed E-state index contributed by atoms with van der Waals surface area (Å²) < 4.78 is 0. The number of nitrogens with zero attached hydrogens (tertiary/aromatic N) is 1. The topological polar surface area (TPSA) is 57.6 Å². The molecule has 90 valence electrons. The molecule has 16 heavy (non-hydrogen) atoms. The standard InChI is InChI=1S/C12H19NO3/c1-8(2)13(7-14)12(11(15)16)6-9-3-4-10(12)5-9/h7-10H,3-6H2,1-2H3,(H,15,16). The van der Waals surface area contributed by atoms with Crippen LogP contribution in [0, 0.1) is 11.8 Å². The number of hydrogen-bond acceptors (Lipinski definition) is 2. The van der Waals surface area contributed by atoms with Gasteiger partial charge in [0.25, 0.3) is 0 Å². The predicted molar refractivity (Wildman–Crippen MR) is 58.9 cm³/mol. The van der Waals surface area contributed by atoms with Crippen LogP contribution in [-0.4, -0.2) is 34.0 Å². The van der Waals surface area contributed by atoms with Crippen molar-refractivity contribution in [2.24, 2.45) is 11.8 Å². The Morgan fingerprint density at radius 3 is 2.50 bits per heavy atom. The summed E-state index contributed by atoms with van der Waals surface area (Å²) in [6, 6.07) is -0.0482. The Hall–Kier alpha value is -1.06. The van der Waals surface area contributed by atoms with Crippen molar-refractivity contribution in [3.05, 3.63) is 0 Å². The molecule has 0 saturated heterocycles. The highest BCUT2D eigenvalue weighted by molar-refractivity contribution is 5.83. The van der Waals surface area contributed by atoms with Gasteiger partial charge in [-0.2, -0.15) is 0 Å². The zero-order valence-electron chi connectivity index (χ0n) is 9.85. The molecule has 2 rings (SSSR count). The van der Waals surface area contributed by atoms with E-state index in [4.69, 9.17) is 0 Å². The molecule has 2 bridgehead atoms. The average Bonchev–Trinajstić information content (AvgIpc) is 2.78. The van der Waals surface area contributed by atoms with Crippen LogP contribution < -0.4 is 0 Å². The maximum absolute atomic E-state index is 11.6. The van der Waals surface area contributed by atoms with Crippen molar-refractivity contribution in [1.29, 1.82) is 0 Å². The number of hydrogen-bond donors (Lipinski definition) is 1. The Morgan fingerprint density at radius 2 is 2.19 bits per heavy atom. The number of carbonyl (C=O) groups excluding carboxylic acids is 1. The molecule has 2 aliphatic carbocycles. The molecule has 3 atom stereocenters. The third-order valence-electron chi connectivity index (χ3n) is 4.32. The van der Waals surface area contributed by atoms with Gasteiger partial charge in [-0.25, -0.2) is 4.79 Å². The molecule has 2 aliphatic rings. The summed E-state index contributed by atoms with van der Waals surface area (Å²) in [5, 5.41) is 9.54. The molecule has 0 radical (unpaired) electrons. The van der Waals surface area contributed by atoms with Crippen LogP contribution in [0.25, 0.3) is 0 Å². The lowest BCUT2D eigenvalue weighted by atomic mass is 9.79. The molecule has 0 heterocycles. The molecule has 2 saturated carbocycles. The maximum atomic E-state index is 11.6. The van der Waals surface area contributed by atoms with Gasteiger partial charge in [0.2, 0.25) is 6.41 Å². The summed E-state index contributed by atoms with van der Waals surface area (Å²) in [6.45, 7) is 3.76. The number of carbonyl (C=O) groups is 2. The summed E-state index contributed by atoms with van der Waals surface area (Å²) in [7, 11) is 0. The second kappa shape index (κ2) is 3.75. The van der Waals surface area contributed by atoms with Crippen molar-refractivity contribution < 1.29 is 14.7 Å². The first-order valence-electron chi connectivity index (χ1n) is 5.99. The zero-order valence-corrected chi connectivity index (χ0v) is 9.85. The zero-order chi connectivity index (χ0) is 11.9. The van der Waals surface area contributed by atoms with Crippen LogP contribution >= 0.6 is 0 Å².